The maximum absolute atomic E-state index is 12.2. The molecule has 0 amide bonds. The molecule has 0 bridgehead atoms. The molecule has 1 rings (SSSR count). The molecule has 0 heterocycles. The van der Waals surface area contributed by atoms with Gasteiger partial charge in [0.15, 0.2) is 0 Å². The van der Waals surface area contributed by atoms with E-state index in [1.54, 1.807) is 0 Å². The van der Waals surface area contributed by atoms with E-state index < -0.39 is 6.36 Å². The number of likely N-dealkylation sites (N-methyl/N-ethyl adjacent to an activating group) is 1. The Labute approximate surface area is 130 Å². The molecular formula is C14H19BrF3NO2. The molecule has 3 nitrogen and oxygen atoms in total. The maximum Gasteiger partial charge on any atom is 0.573 e. The third-order valence-electron chi connectivity index (χ3n) is 2.66. The smallest absolute Gasteiger partial charge is 0.489 e. The molecule has 0 aliphatic rings. The van der Waals surface area contributed by atoms with Gasteiger partial charge < -0.3 is 14.8 Å². The second-order valence-electron chi connectivity index (χ2n) is 4.48. The van der Waals surface area contributed by atoms with Gasteiger partial charge in [-0.25, -0.2) is 0 Å². The van der Waals surface area contributed by atoms with Crippen LogP contribution >= 0.6 is 15.9 Å². The van der Waals surface area contributed by atoms with Crippen LogP contribution in [-0.2, 0) is 0 Å². The summed E-state index contributed by atoms with van der Waals surface area (Å²) in [6.07, 6.45) is -2.89. The number of alkyl halides is 3. The Kier molecular flexibility index (Phi) is 7.31. The van der Waals surface area contributed by atoms with Crippen molar-refractivity contribution in [3.8, 4) is 11.5 Å². The molecule has 0 saturated carbocycles. The number of hydrogen-bond donors (Lipinski definition) is 1. The van der Waals surface area contributed by atoms with Crippen molar-refractivity contribution in [2.75, 3.05) is 13.1 Å². The Balaban J connectivity index is 2.72. The van der Waals surface area contributed by atoms with Gasteiger partial charge in [0.1, 0.15) is 17.6 Å². The average molecular weight is 370 g/mol. The van der Waals surface area contributed by atoms with E-state index in [4.69, 9.17) is 4.74 Å². The molecule has 0 aromatic heterocycles. The van der Waals surface area contributed by atoms with Gasteiger partial charge in [0, 0.05) is 6.54 Å². The quantitative estimate of drug-likeness (QED) is 0.731. The summed E-state index contributed by atoms with van der Waals surface area (Å²) in [7, 11) is 0. The van der Waals surface area contributed by atoms with Crippen LogP contribution < -0.4 is 14.8 Å². The van der Waals surface area contributed by atoms with E-state index in [2.05, 4.69) is 32.9 Å². The first kappa shape index (κ1) is 18.1. The highest BCUT2D eigenvalue weighted by Crippen LogP contribution is 2.33. The van der Waals surface area contributed by atoms with Crippen molar-refractivity contribution in [1.82, 2.24) is 5.32 Å². The lowest BCUT2D eigenvalue weighted by atomic mass is 10.2. The highest BCUT2D eigenvalue weighted by Gasteiger charge is 2.32. The molecule has 1 N–H and O–H groups in total. The van der Waals surface area contributed by atoms with Gasteiger partial charge in [-0.1, -0.05) is 20.3 Å². The topological polar surface area (TPSA) is 30.5 Å². The standard InChI is InChI=1S/C14H19BrF3NO2/c1-3-5-11(9-19-4-2)20-10-6-7-13(12(15)8-10)21-14(16,17)18/h6-8,11,19H,3-5,9H2,1-2H3. The molecule has 1 atom stereocenters. The highest BCUT2D eigenvalue weighted by atomic mass is 79.9. The summed E-state index contributed by atoms with van der Waals surface area (Å²) in [4.78, 5) is 0. The van der Waals surface area contributed by atoms with Crippen molar-refractivity contribution >= 4 is 15.9 Å². The fourth-order valence-electron chi connectivity index (χ4n) is 1.78. The van der Waals surface area contributed by atoms with Gasteiger partial charge in [0.2, 0.25) is 0 Å². The van der Waals surface area contributed by atoms with Crippen LogP contribution in [0.4, 0.5) is 13.2 Å². The van der Waals surface area contributed by atoms with Crippen LogP contribution in [0.3, 0.4) is 0 Å². The fraction of sp³-hybridized carbons (Fsp3) is 0.571. The SMILES string of the molecule is CCCC(CNCC)Oc1ccc(OC(F)(F)F)c(Br)c1. The van der Waals surface area contributed by atoms with Crippen molar-refractivity contribution < 1.29 is 22.6 Å². The molecule has 120 valence electrons. The molecule has 0 fully saturated rings. The molecule has 0 radical (unpaired) electrons. The average Bonchev–Trinajstić information content (AvgIpc) is 2.38. The number of rotatable bonds is 8. The van der Waals surface area contributed by atoms with Crippen LogP contribution in [0.1, 0.15) is 26.7 Å². The molecular weight excluding hydrogens is 351 g/mol. The maximum atomic E-state index is 12.2. The Morgan fingerprint density at radius 1 is 1.29 bits per heavy atom. The fourth-order valence-corrected chi connectivity index (χ4v) is 2.22. The first-order valence-electron chi connectivity index (χ1n) is 6.78. The molecule has 0 saturated heterocycles. The second kappa shape index (κ2) is 8.48. The highest BCUT2D eigenvalue weighted by molar-refractivity contribution is 9.10. The summed E-state index contributed by atoms with van der Waals surface area (Å²) in [6.45, 7) is 5.59. The van der Waals surface area contributed by atoms with Crippen molar-refractivity contribution in [2.24, 2.45) is 0 Å². The van der Waals surface area contributed by atoms with E-state index in [-0.39, 0.29) is 16.3 Å². The zero-order valence-electron chi connectivity index (χ0n) is 12.0. The van der Waals surface area contributed by atoms with E-state index >= 15 is 0 Å². The van der Waals surface area contributed by atoms with Crippen LogP contribution in [0, 0.1) is 0 Å². The lowest BCUT2D eigenvalue weighted by molar-refractivity contribution is -0.274. The lowest BCUT2D eigenvalue weighted by Gasteiger charge is -2.19. The molecule has 1 aromatic carbocycles. The third-order valence-corrected chi connectivity index (χ3v) is 3.28. The van der Waals surface area contributed by atoms with Crippen molar-refractivity contribution in [1.29, 1.82) is 0 Å². The summed E-state index contributed by atoms with van der Waals surface area (Å²) in [5.41, 5.74) is 0. The minimum Gasteiger partial charge on any atom is -0.489 e. The number of halogens is 4. The number of nitrogens with one attached hydrogen (secondary N) is 1. The Bertz CT molecular complexity index is 441. The predicted molar refractivity (Wildman–Crippen MR) is 78.7 cm³/mol. The van der Waals surface area contributed by atoms with Gasteiger partial charge >= 0.3 is 6.36 Å². The van der Waals surface area contributed by atoms with Crippen LogP contribution in [0.2, 0.25) is 0 Å². The normalized spacial score (nSPS) is 13.0. The number of benzene rings is 1. The summed E-state index contributed by atoms with van der Waals surface area (Å²) in [5.74, 6) is 0.223. The van der Waals surface area contributed by atoms with Crippen LogP contribution in [-0.4, -0.2) is 25.6 Å². The first-order valence-corrected chi connectivity index (χ1v) is 7.57. The zero-order valence-corrected chi connectivity index (χ0v) is 13.6. The minimum absolute atomic E-state index is 0.0174. The summed E-state index contributed by atoms with van der Waals surface area (Å²) >= 11 is 3.06. The van der Waals surface area contributed by atoms with E-state index in [0.29, 0.717) is 12.3 Å². The van der Waals surface area contributed by atoms with Crippen LogP contribution in [0.5, 0.6) is 11.5 Å². The molecule has 0 spiro atoms. The molecule has 0 aliphatic heterocycles. The molecule has 1 unspecified atom stereocenters. The molecule has 0 aliphatic carbocycles. The lowest BCUT2D eigenvalue weighted by Crippen LogP contribution is -2.31. The Morgan fingerprint density at radius 2 is 2.00 bits per heavy atom. The summed E-state index contributed by atoms with van der Waals surface area (Å²) in [6, 6.07) is 4.19. The second-order valence-corrected chi connectivity index (χ2v) is 5.33. The van der Waals surface area contributed by atoms with Gasteiger partial charge in [-0.2, -0.15) is 0 Å². The van der Waals surface area contributed by atoms with Crippen molar-refractivity contribution in [3.63, 3.8) is 0 Å². The van der Waals surface area contributed by atoms with E-state index in [1.807, 2.05) is 6.92 Å². The van der Waals surface area contributed by atoms with Gasteiger partial charge in [-0.15, -0.1) is 13.2 Å². The largest absolute Gasteiger partial charge is 0.573 e. The monoisotopic (exact) mass is 369 g/mol. The number of hydrogen-bond acceptors (Lipinski definition) is 3. The minimum atomic E-state index is -4.71. The summed E-state index contributed by atoms with van der Waals surface area (Å²) < 4.78 is 46.5. The molecule has 1 aromatic rings. The Morgan fingerprint density at radius 3 is 2.52 bits per heavy atom. The van der Waals surface area contributed by atoms with Crippen LogP contribution in [0.25, 0.3) is 0 Å². The first-order chi connectivity index (χ1) is 9.85. The summed E-state index contributed by atoms with van der Waals surface area (Å²) in [5, 5.41) is 3.20. The van der Waals surface area contributed by atoms with Crippen molar-refractivity contribution in [2.45, 2.75) is 39.2 Å². The van der Waals surface area contributed by atoms with Gasteiger partial charge in [-0.3, -0.25) is 0 Å². The van der Waals surface area contributed by atoms with Gasteiger partial charge in [-0.05, 0) is 47.1 Å². The van der Waals surface area contributed by atoms with E-state index in [9.17, 15) is 13.2 Å². The zero-order chi connectivity index (χ0) is 15.9. The van der Waals surface area contributed by atoms with E-state index in [0.717, 1.165) is 19.4 Å². The molecule has 7 heteroatoms. The Hall–Kier alpha value is -0.950. The number of ether oxygens (including phenoxy) is 2. The van der Waals surface area contributed by atoms with Gasteiger partial charge in [0.25, 0.3) is 0 Å². The predicted octanol–water partition coefficient (Wildman–Crippen LogP) is 4.50. The van der Waals surface area contributed by atoms with Gasteiger partial charge in [0.05, 0.1) is 4.47 Å². The van der Waals surface area contributed by atoms with Crippen molar-refractivity contribution in [3.05, 3.63) is 22.7 Å². The van der Waals surface area contributed by atoms with E-state index in [1.165, 1.54) is 18.2 Å². The molecule has 21 heavy (non-hydrogen) atoms. The third kappa shape index (κ3) is 7.04. The van der Waals surface area contributed by atoms with Crippen LogP contribution in [0.15, 0.2) is 22.7 Å².